The molecule has 0 radical (unpaired) electrons. The van der Waals surface area contributed by atoms with Crippen LogP contribution in [0, 0.1) is 10.1 Å². The largest absolute Gasteiger partial charge is 0.377 e. The van der Waals surface area contributed by atoms with Crippen molar-refractivity contribution in [1.29, 1.82) is 0 Å². The minimum atomic E-state index is -0.454. The smallest absolute Gasteiger partial charge is 0.293 e. The van der Waals surface area contributed by atoms with Crippen LogP contribution in [-0.2, 0) is 0 Å². The third kappa shape index (κ3) is 2.61. The van der Waals surface area contributed by atoms with Crippen LogP contribution in [0.3, 0.4) is 0 Å². The Morgan fingerprint density at radius 3 is 2.65 bits per heavy atom. The van der Waals surface area contributed by atoms with Crippen molar-refractivity contribution in [2.75, 3.05) is 5.32 Å². The molecule has 1 saturated carbocycles. The molecule has 0 unspecified atom stereocenters. The summed E-state index contributed by atoms with van der Waals surface area (Å²) in [5.41, 5.74) is 0.808. The molecule has 2 rings (SSSR count). The Kier molecular flexibility index (Phi) is 3.37. The monoisotopic (exact) mass is 234 g/mol. The van der Waals surface area contributed by atoms with Crippen molar-refractivity contribution >= 4 is 17.7 Å². The van der Waals surface area contributed by atoms with Gasteiger partial charge in [0.2, 0.25) is 0 Å². The fraction of sp³-hybridized carbons (Fsp3) is 0.417. The van der Waals surface area contributed by atoms with Crippen molar-refractivity contribution in [2.45, 2.75) is 31.7 Å². The molecule has 0 heterocycles. The summed E-state index contributed by atoms with van der Waals surface area (Å²) in [6, 6.07) is 4.83. The maximum atomic E-state index is 10.9. The molecule has 1 fully saturated rings. The van der Waals surface area contributed by atoms with Gasteiger partial charge in [0.05, 0.1) is 4.92 Å². The summed E-state index contributed by atoms with van der Waals surface area (Å²) in [5, 5.41) is 14.1. The number of benzene rings is 1. The summed E-state index contributed by atoms with van der Waals surface area (Å²) in [7, 11) is 0. The number of anilines is 1. The van der Waals surface area contributed by atoms with Gasteiger partial charge < -0.3 is 5.32 Å². The fourth-order valence-electron chi connectivity index (χ4n) is 2.19. The third-order valence-electron chi connectivity index (χ3n) is 3.07. The number of rotatable bonds is 4. The Bertz CT molecular complexity index is 439. The van der Waals surface area contributed by atoms with Crippen LogP contribution >= 0.6 is 0 Å². The van der Waals surface area contributed by atoms with Crippen molar-refractivity contribution in [3.8, 4) is 0 Å². The first-order chi connectivity index (χ1) is 8.20. The van der Waals surface area contributed by atoms with Gasteiger partial charge in [-0.2, -0.15) is 0 Å². The Balaban J connectivity index is 2.25. The van der Waals surface area contributed by atoms with E-state index in [0.717, 1.165) is 25.7 Å². The predicted octanol–water partition coefficient (Wildman–Crippen LogP) is 2.76. The molecule has 0 atom stereocenters. The normalized spacial score (nSPS) is 15.8. The van der Waals surface area contributed by atoms with E-state index in [1.165, 1.54) is 6.07 Å². The standard InChI is InChI=1S/C12H14N2O3/c15-8-9-5-6-11(12(7-9)14(16)17)13-10-3-1-2-4-10/h5-8,10,13H,1-4H2. The molecule has 0 saturated heterocycles. The topological polar surface area (TPSA) is 72.2 Å². The lowest BCUT2D eigenvalue weighted by atomic mass is 10.1. The van der Waals surface area contributed by atoms with E-state index in [-0.39, 0.29) is 5.69 Å². The quantitative estimate of drug-likeness (QED) is 0.494. The van der Waals surface area contributed by atoms with Crippen LogP contribution in [0.2, 0.25) is 0 Å². The number of carbonyl (C=O) groups is 1. The van der Waals surface area contributed by atoms with E-state index < -0.39 is 4.92 Å². The summed E-state index contributed by atoms with van der Waals surface area (Å²) in [6.07, 6.45) is 5.04. The first-order valence-electron chi connectivity index (χ1n) is 5.71. The highest BCUT2D eigenvalue weighted by Crippen LogP contribution is 2.29. The van der Waals surface area contributed by atoms with Crippen LogP contribution in [0.25, 0.3) is 0 Å². The van der Waals surface area contributed by atoms with Gasteiger partial charge in [-0.15, -0.1) is 0 Å². The minimum Gasteiger partial charge on any atom is -0.377 e. The molecule has 1 aromatic rings. The Hall–Kier alpha value is -1.91. The third-order valence-corrected chi connectivity index (χ3v) is 3.07. The summed E-state index contributed by atoms with van der Waals surface area (Å²) >= 11 is 0. The predicted molar refractivity (Wildman–Crippen MR) is 64.4 cm³/mol. The zero-order valence-corrected chi connectivity index (χ0v) is 9.39. The molecule has 1 N–H and O–H groups in total. The number of nitrogens with zero attached hydrogens (tertiary/aromatic N) is 1. The SMILES string of the molecule is O=Cc1ccc(NC2CCCC2)c([N+](=O)[O-])c1. The first-order valence-corrected chi connectivity index (χ1v) is 5.71. The van der Waals surface area contributed by atoms with E-state index in [4.69, 9.17) is 0 Å². The van der Waals surface area contributed by atoms with Gasteiger partial charge in [-0.1, -0.05) is 12.8 Å². The van der Waals surface area contributed by atoms with Gasteiger partial charge in [-0.05, 0) is 25.0 Å². The van der Waals surface area contributed by atoms with Gasteiger partial charge >= 0.3 is 0 Å². The van der Waals surface area contributed by atoms with Crippen LogP contribution in [-0.4, -0.2) is 17.3 Å². The molecule has 1 aliphatic carbocycles. The summed E-state index contributed by atoms with van der Waals surface area (Å²) in [5.74, 6) is 0. The Morgan fingerprint density at radius 2 is 2.06 bits per heavy atom. The summed E-state index contributed by atoms with van der Waals surface area (Å²) in [4.78, 5) is 21.1. The Labute approximate surface area is 99.0 Å². The number of hydrogen-bond acceptors (Lipinski definition) is 4. The highest BCUT2D eigenvalue weighted by molar-refractivity contribution is 5.79. The zero-order valence-electron chi connectivity index (χ0n) is 9.39. The summed E-state index contributed by atoms with van der Waals surface area (Å²) < 4.78 is 0. The number of nitro benzene ring substituents is 1. The van der Waals surface area contributed by atoms with Gasteiger partial charge in [0.15, 0.2) is 0 Å². The number of aldehydes is 1. The molecule has 0 aliphatic heterocycles. The van der Waals surface area contributed by atoms with Gasteiger partial charge in [0.25, 0.3) is 5.69 Å². The van der Waals surface area contributed by atoms with Crippen molar-refractivity contribution in [1.82, 2.24) is 0 Å². The van der Waals surface area contributed by atoms with Crippen LogP contribution in [0.4, 0.5) is 11.4 Å². The molecule has 0 aromatic heterocycles. The second-order valence-corrected chi connectivity index (χ2v) is 4.28. The molecule has 5 heteroatoms. The molecule has 90 valence electrons. The van der Waals surface area contributed by atoms with Crippen LogP contribution in [0.15, 0.2) is 18.2 Å². The molecule has 1 aromatic carbocycles. The van der Waals surface area contributed by atoms with Crippen molar-refractivity contribution < 1.29 is 9.72 Å². The fourth-order valence-corrected chi connectivity index (χ4v) is 2.19. The molecule has 5 nitrogen and oxygen atoms in total. The van der Waals surface area contributed by atoms with Gasteiger partial charge in [0, 0.05) is 17.7 Å². The van der Waals surface area contributed by atoms with E-state index in [1.54, 1.807) is 12.1 Å². The molecule has 0 amide bonds. The first kappa shape index (κ1) is 11.6. The molecule has 1 aliphatic rings. The van der Waals surface area contributed by atoms with Crippen LogP contribution in [0.1, 0.15) is 36.0 Å². The second-order valence-electron chi connectivity index (χ2n) is 4.28. The molecule has 17 heavy (non-hydrogen) atoms. The van der Waals surface area contributed by atoms with E-state index >= 15 is 0 Å². The van der Waals surface area contributed by atoms with Crippen LogP contribution in [0.5, 0.6) is 0 Å². The second kappa shape index (κ2) is 4.95. The van der Waals surface area contributed by atoms with Crippen molar-refractivity contribution in [3.63, 3.8) is 0 Å². The maximum absolute atomic E-state index is 10.9. The molecular formula is C12H14N2O3. The lowest BCUT2D eigenvalue weighted by Gasteiger charge is -2.13. The molecule has 0 spiro atoms. The molecule has 0 bridgehead atoms. The van der Waals surface area contributed by atoms with E-state index in [2.05, 4.69) is 5.32 Å². The number of nitro groups is 1. The van der Waals surface area contributed by atoms with Crippen molar-refractivity contribution in [3.05, 3.63) is 33.9 Å². The lowest BCUT2D eigenvalue weighted by Crippen LogP contribution is -2.15. The van der Waals surface area contributed by atoms with Crippen molar-refractivity contribution in [2.24, 2.45) is 0 Å². The van der Waals surface area contributed by atoms with E-state index in [1.807, 2.05) is 0 Å². The van der Waals surface area contributed by atoms with Crippen LogP contribution < -0.4 is 5.32 Å². The minimum absolute atomic E-state index is 0.0264. The van der Waals surface area contributed by atoms with Gasteiger partial charge in [-0.3, -0.25) is 14.9 Å². The number of carbonyl (C=O) groups excluding carboxylic acids is 1. The maximum Gasteiger partial charge on any atom is 0.293 e. The molecular weight excluding hydrogens is 220 g/mol. The number of nitrogens with one attached hydrogen (secondary N) is 1. The van der Waals surface area contributed by atoms with Gasteiger partial charge in [0.1, 0.15) is 12.0 Å². The average Bonchev–Trinajstić information content (AvgIpc) is 2.82. The number of hydrogen-bond donors (Lipinski definition) is 1. The van der Waals surface area contributed by atoms with Gasteiger partial charge in [-0.25, -0.2) is 0 Å². The van der Waals surface area contributed by atoms with E-state index in [0.29, 0.717) is 23.6 Å². The highest BCUT2D eigenvalue weighted by atomic mass is 16.6. The highest BCUT2D eigenvalue weighted by Gasteiger charge is 2.20. The Morgan fingerprint density at radius 1 is 1.35 bits per heavy atom. The lowest BCUT2D eigenvalue weighted by molar-refractivity contribution is -0.384. The van der Waals surface area contributed by atoms with E-state index in [9.17, 15) is 14.9 Å². The average molecular weight is 234 g/mol. The zero-order chi connectivity index (χ0) is 12.3. The summed E-state index contributed by atoms with van der Waals surface area (Å²) in [6.45, 7) is 0.